The summed E-state index contributed by atoms with van der Waals surface area (Å²) in [7, 11) is -3.39. The third-order valence-corrected chi connectivity index (χ3v) is 8.67. The summed E-state index contributed by atoms with van der Waals surface area (Å²) >= 11 is 1.25. The second-order valence-corrected chi connectivity index (χ2v) is 10.2. The molecule has 0 atom stereocenters. The van der Waals surface area contributed by atoms with Crippen LogP contribution < -0.4 is 9.80 Å². The SMILES string of the molecule is O=S(=O)(c1cccs1)N1CCN(c2ccc(N3CCN(CCO)CC3)nn2)CC1. The predicted octanol–water partition coefficient (Wildman–Crippen LogP) is 0.163. The van der Waals surface area contributed by atoms with E-state index in [0.29, 0.717) is 36.9 Å². The van der Waals surface area contributed by atoms with E-state index in [2.05, 4.69) is 24.9 Å². The molecule has 0 aromatic carbocycles. The smallest absolute Gasteiger partial charge is 0.252 e. The number of anilines is 2. The molecule has 2 aliphatic rings. The number of aliphatic hydroxyl groups excluding tert-OH is 1. The fourth-order valence-corrected chi connectivity index (χ4v) is 6.26. The van der Waals surface area contributed by atoms with Crippen LogP contribution in [0.2, 0.25) is 0 Å². The van der Waals surface area contributed by atoms with Crippen molar-refractivity contribution < 1.29 is 13.5 Å². The molecule has 2 aromatic rings. The number of aliphatic hydroxyl groups is 1. The van der Waals surface area contributed by atoms with Crippen molar-refractivity contribution in [2.45, 2.75) is 4.21 Å². The number of piperazine rings is 2. The summed E-state index contributed by atoms with van der Waals surface area (Å²) in [4.78, 5) is 6.52. The van der Waals surface area contributed by atoms with E-state index < -0.39 is 10.0 Å². The van der Waals surface area contributed by atoms with Crippen LogP contribution in [0.15, 0.2) is 33.9 Å². The molecule has 0 aliphatic carbocycles. The monoisotopic (exact) mass is 438 g/mol. The van der Waals surface area contributed by atoms with Crippen molar-refractivity contribution in [2.75, 3.05) is 75.3 Å². The van der Waals surface area contributed by atoms with Crippen LogP contribution in [0.1, 0.15) is 0 Å². The first-order chi connectivity index (χ1) is 14.1. The molecule has 0 amide bonds. The van der Waals surface area contributed by atoms with Gasteiger partial charge in [-0.2, -0.15) is 4.31 Å². The van der Waals surface area contributed by atoms with Crippen molar-refractivity contribution >= 4 is 33.0 Å². The van der Waals surface area contributed by atoms with Gasteiger partial charge in [-0.3, -0.25) is 4.90 Å². The second kappa shape index (κ2) is 8.92. The molecule has 11 heteroatoms. The van der Waals surface area contributed by atoms with Gasteiger partial charge in [0.1, 0.15) is 4.21 Å². The van der Waals surface area contributed by atoms with Crippen molar-refractivity contribution in [1.82, 2.24) is 19.4 Å². The quantitative estimate of drug-likeness (QED) is 0.682. The van der Waals surface area contributed by atoms with E-state index in [4.69, 9.17) is 5.11 Å². The fourth-order valence-electron chi connectivity index (χ4n) is 3.69. The molecule has 4 rings (SSSR count). The molecule has 9 nitrogen and oxygen atoms in total. The lowest BCUT2D eigenvalue weighted by atomic mass is 10.3. The first-order valence-electron chi connectivity index (χ1n) is 9.78. The van der Waals surface area contributed by atoms with E-state index in [0.717, 1.165) is 37.8 Å². The summed E-state index contributed by atoms with van der Waals surface area (Å²) in [6.45, 7) is 6.53. The highest BCUT2D eigenvalue weighted by atomic mass is 32.2. The molecule has 4 heterocycles. The largest absolute Gasteiger partial charge is 0.395 e. The predicted molar refractivity (Wildman–Crippen MR) is 113 cm³/mol. The maximum Gasteiger partial charge on any atom is 0.252 e. The van der Waals surface area contributed by atoms with Crippen LogP contribution in [0.25, 0.3) is 0 Å². The Balaban J connectivity index is 1.33. The summed E-state index contributed by atoms with van der Waals surface area (Å²) < 4.78 is 27.2. The number of nitrogens with zero attached hydrogens (tertiary/aromatic N) is 6. The molecule has 2 saturated heterocycles. The van der Waals surface area contributed by atoms with Crippen LogP contribution >= 0.6 is 11.3 Å². The zero-order valence-electron chi connectivity index (χ0n) is 16.2. The molecule has 29 heavy (non-hydrogen) atoms. The number of hydrogen-bond acceptors (Lipinski definition) is 9. The Morgan fingerprint density at radius 2 is 1.48 bits per heavy atom. The van der Waals surface area contributed by atoms with Gasteiger partial charge in [-0.1, -0.05) is 6.07 Å². The van der Waals surface area contributed by atoms with E-state index >= 15 is 0 Å². The van der Waals surface area contributed by atoms with Crippen LogP contribution in [0, 0.1) is 0 Å². The highest BCUT2D eigenvalue weighted by Gasteiger charge is 2.29. The van der Waals surface area contributed by atoms with Crippen molar-refractivity contribution in [3.8, 4) is 0 Å². The van der Waals surface area contributed by atoms with Crippen molar-refractivity contribution in [2.24, 2.45) is 0 Å². The number of thiophene rings is 1. The molecule has 0 radical (unpaired) electrons. The summed E-state index contributed by atoms with van der Waals surface area (Å²) in [5, 5.41) is 19.6. The standard InChI is InChI=1S/C18H26N6O3S2/c25-14-13-21-5-7-22(8-6-21)16-3-4-17(20-19-16)23-9-11-24(12-10-23)29(26,27)18-2-1-15-28-18/h1-4,15,25H,5-14H2. The molecule has 0 unspecified atom stereocenters. The Kier molecular flexibility index (Phi) is 6.30. The minimum atomic E-state index is -3.39. The second-order valence-electron chi connectivity index (χ2n) is 7.13. The van der Waals surface area contributed by atoms with Crippen LogP contribution in [0.5, 0.6) is 0 Å². The van der Waals surface area contributed by atoms with Gasteiger partial charge in [-0.25, -0.2) is 8.42 Å². The zero-order chi connectivity index (χ0) is 20.3. The Morgan fingerprint density at radius 3 is 1.97 bits per heavy atom. The number of hydrogen-bond donors (Lipinski definition) is 1. The average molecular weight is 439 g/mol. The molecule has 0 spiro atoms. The maximum absolute atomic E-state index is 12.6. The molecular formula is C18H26N6O3S2. The summed E-state index contributed by atoms with van der Waals surface area (Å²) in [5.41, 5.74) is 0. The normalized spacial score (nSPS) is 19.6. The molecule has 158 valence electrons. The molecular weight excluding hydrogens is 412 g/mol. The molecule has 0 bridgehead atoms. The van der Waals surface area contributed by atoms with Gasteiger partial charge >= 0.3 is 0 Å². The lowest BCUT2D eigenvalue weighted by Gasteiger charge is -2.35. The molecule has 1 N–H and O–H groups in total. The number of β-amino-alcohol motifs (C(OH)–C–C–N with tert-alkyl or cyclic N) is 1. The minimum absolute atomic E-state index is 0.191. The van der Waals surface area contributed by atoms with Crippen LogP contribution in [-0.2, 0) is 10.0 Å². The average Bonchev–Trinajstić information content (AvgIpc) is 3.31. The first-order valence-corrected chi connectivity index (χ1v) is 12.1. The van der Waals surface area contributed by atoms with Crippen molar-refractivity contribution in [1.29, 1.82) is 0 Å². The minimum Gasteiger partial charge on any atom is -0.395 e. The van der Waals surface area contributed by atoms with E-state index in [1.54, 1.807) is 21.8 Å². The molecule has 2 aromatic heterocycles. The Bertz CT molecular complexity index is 875. The fraction of sp³-hybridized carbons (Fsp3) is 0.556. The Hall–Kier alpha value is -1.79. The molecule has 0 saturated carbocycles. The van der Waals surface area contributed by atoms with Gasteiger partial charge in [-0.15, -0.1) is 21.5 Å². The highest BCUT2D eigenvalue weighted by Crippen LogP contribution is 2.23. The lowest BCUT2D eigenvalue weighted by Crippen LogP contribution is -2.49. The van der Waals surface area contributed by atoms with Gasteiger partial charge in [0.05, 0.1) is 6.61 Å². The van der Waals surface area contributed by atoms with E-state index in [-0.39, 0.29) is 6.61 Å². The van der Waals surface area contributed by atoms with Crippen molar-refractivity contribution in [3.05, 3.63) is 29.6 Å². The molecule has 2 aliphatic heterocycles. The van der Waals surface area contributed by atoms with E-state index in [9.17, 15) is 8.42 Å². The lowest BCUT2D eigenvalue weighted by molar-refractivity contribution is 0.188. The van der Waals surface area contributed by atoms with Crippen molar-refractivity contribution in [3.63, 3.8) is 0 Å². The van der Waals surface area contributed by atoms with Gasteiger partial charge in [0.15, 0.2) is 11.6 Å². The summed E-state index contributed by atoms with van der Waals surface area (Å²) in [6, 6.07) is 7.36. The first kappa shape index (κ1) is 20.5. The third-order valence-electron chi connectivity index (χ3n) is 5.40. The van der Waals surface area contributed by atoms with E-state index in [1.807, 2.05) is 12.1 Å². The third kappa shape index (κ3) is 4.53. The van der Waals surface area contributed by atoms with Crippen LogP contribution in [0.4, 0.5) is 11.6 Å². The van der Waals surface area contributed by atoms with Gasteiger partial charge < -0.3 is 14.9 Å². The summed E-state index contributed by atoms with van der Waals surface area (Å²) in [5.74, 6) is 1.64. The number of rotatable bonds is 6. The van der Waals surface area contributed by atoms with Crippen LogP contribution in [-0.4, -0.2) is 98.4 Å². The van der Waals surface area contributed by atoms with Crippen LogP contribution in [0.3, 0.4) is 0 Å². The topological polar surface area (TPSA) is 93.1 Å². The summed E-state index contributed by atoms with van der Waals surface area (Å²) in [6.07, 6.45) is 0. The maximum atomic E-state index is 12.6. The van der Waals surface area contributed by atoms with Gasteiger partial charge in [0, 0.05) is 58.9 Å². The Labute approximate surface area is 175 Å². The zero-order valence-corrected chi connectivity index (χ0v) is 17.9. The highest BCUT2D eigenvalue weighted by molar-refractivity contribution is 7.91. The van der Waals surface area contributed by atoms with E-state index in [1.165, 1.54) is 11.3 Å². The number of aromatic nitrogens is 2. The molecule has 2 fully saturated rings. The van der Waals surface area contributed by atoms with Gasteiger partial charge in [0.25, 0.3) is 10.0 Å². The Morgan fingerprint density at radius 1 is 0.897 bits per heavy atom. The van der Waals surface area contributed by atoms with Gasteiger partial charge in [0.2, 0.25) is 0 Å². The van der Waals surface area contributed by atoms with Gasteiger partial charge in [-0.05, 0) is 23.6 Å². The number of sulfonamides is 1.